The van der Waals surface area contributed by atoms with Crippen LogP contribution in [0, 0.1) is 0 Å². The smallest absolute Gasteiger partial charge is 0.239 e. The molecule has 3 aromatic heterocycles. The van der Waals surface area contributed by atoms with Gasteiger partial charge in [-0.2, -0.15) is 0 Å². The average Bonchev–Trinajstić information content (AvgIpc) is 3.48. The van der Waals surface area contributed by atoms with Crippen LogP contribution in [0.5, 0.6) is 0 Å². The summed E-state index contributed by atoms with van der Waals surface area (Å²) in [6, 6.07) is 4.04. The van der Waals surface area contributed by atoms with Crippen molar-refractivity contribution < 1.29 is 4.79 Å². The van der Waals surface area contributed by atoms with Crippen LogP contribution >= 0.6 is 34.4 Å². The Bertz CT molecular complexity index is 969. The van der Waals surface area contributed by atoms with E-state index in [0.29, 0.717) is 12.3 Å². The quantitative estimate of drug-likeness (QED) is 0.372. The molecule has 3 heterocycles. The van der Waals surface area contributed by atoms with Gasteiger partial charge in [-0.25, -0.2) is 4.98 Å². The molecular formula is C20H23N5OS3. The lowest BCUT2D eigenvalue weighted by molar-refractivity contribution is -0.116. The normalized spacial score (nSPS) is 13.3. The van der Waals surface area contributed by atoms with E-state index in [-0.39, 0.29) is 5.91 Å². The number of hydrogen-bond acceptors (Lipinski definition) is 7. The molecule has 0 radical (unpaired) electrons. The summed E-state index contributed by atoms with van der Waals surface area (Å²) in [4.78, 5) is 21.9. The summed E-state index contributed by atoms with van der Waals surface area (Å²) in [6.07, 6.45) is 6.23. The van der Waals surface area contributed by atoms with E-state index in [1.165, 1.54) is 29.5 Å². The van der Waals surface area contributed by atoms with Crippen molar-refractivity contribution in [2.24, 2.45) is 0 Å². The summed E-state index contributed by atoms with van der Waals surface area (Å²) in [6.45, 7) is 7.11. The molecule has 0 aromatic carbocycles. The Morgan fingerprint density at radius 2 is 2.24 bits per heavy atom. The maximum Gasteiger partial charge on any atom is 0.239 e. The summed E-state index contributed by atoms with van der Waals surface area (Å²) >= 11 is 4.71. The molecule has 1 aliphatic carbocycles. The third-order valence-corrected chi connectivity index (χ3v) is 7.78. The molecule has 0 atom stereocenters. The predicted molar refractivity (Wildman–Crippen MR) is 121 cm³/mol. The van der Waals surface area contributed by atoms with Crippen LogP contribution in [-0.4, -0.2) is 38.0 Å². The van der Waals surface area contributed by atoms with Crippen molar-refractivity contribution in [1.82, 2.24) is 19.7 Å². The van der Waals surface area contributed by atoms with E-state index in [0.717, 1.165) is 46.1 Å². The van der Waals surface area contributed by atoms with Gasteiger partial charge in [0.2, 0.25) is 5.91 Å². The zero-order valence-corrected chi connectivity index (χ0v) is 18.8. The lowest BCUT2D eigenvalue weighted by Crippen LogP contribution is -2.32. The first-order valence-electron chi connectivity index (χ1n) is 9.71. The van der Waals surface area contributed by atoms with Gasteiger partial charge in [0.25, 0.3) is 0 Å². The number of hydrogen-bond donors (Lipinski definition) is 0. The molecule has 6 nitrogen and oxygen atoms in total. The van der Waals surface area contributed by atoms with Gasteiger partial charge in [-0.3, -0.25) is 9.69 Å². The van der Waals surface area contributed by atoms with Crippen LogP contribution in [0.4, 0.5) is 5.13 Å². The molecule has 0 spiro atoms. The van der Waals surface area contributed by atoms with E-state index in [1.807, 2.05) is 17.5 Å². The highest BCUT2D eigenvalue weighted by atomic mass is 32.2. The molecule has 0 fully saturated rings. The summed E-state index contributed by atoms with van der Waals surface area (Å²) in [5.74, 6) is 1.16. The topological polar surface area (TPSA) is 63.9 Å². The van der Waals surface area contributed by atoms with Crippen LogP contribution in [0.2, 0.25) is 0 Å². The number of anilines is 1. The molecule has 0 aliphatic heterocycles. The van der Waals surface area contributed by atoms with Gasteiger partial charge in [-0.05, 0) is 44.1 Å². The second-order valence-corrected chi connectivity index (χ2v) is 9.64. The molecular weight excluding hydrogens is 422 g/mol. The number of rotatable bonds is 8. The largest absolute Gasteiger partial charge is 0.302 e. The van der Waals surface area contributed by atoms with Crippen LogP contribution in [0.3, 0.4) is 0 Å². The van der Waals surface area contributed by atoms with Crippen LogP contribution in [0.1, 0.15) is 30.3 Å². The molecule has 0 bridgehead atoms. The van der Waals surface area contributed by atoms with E-state index < -0.39 is 0 Å². The van der Waals surface area contributed by atoms with Crippen LogP contribution in [0.25, 0.3) is 10.7 Å². The highest BCUT2D eigenvalue weighted by Crippen LogP contribution is 2.33. The number of carbonyl (C=O) groups is 1. The number of thiophene rings is 1. The number of carbonyl (C=O) groups excluding carboxylic acids is 1. The molecule has 4 rings (SSSR count). The lowest BCUT2D eigenvalue weighted by atomic mass is 10.0. The molecule has 0 saturated carbocycles. The first kappa shape index (κ1) is 20.3. The van der Waals surface area contributed by atoms with E-state index in [4.69, 9.17) is 4.98 Å². The van der Waals surface area contributed by atoms with Gasteiger partial charge in [-0.15, -0.1) is 39.4 Å². The molecule has 0 saturated heterocycles. The zero-order valence-electron chi connectivity index (χ0n) is 16.3. The first-order valence-corrected chi connectivity index (χ1v) is 12.4. The number of thioether (sulfide) groups is 1. The van der Waals surface area contributed by atoms with Crippen molar-refractivity contribution in [2.45, 2.75) is 44.3 Å². The zero-order chi connectivity index (χ0) is 20.2. The minimum atomic E-state index is 0.0179. The van der Waals surface area contributed by atoms with Gasteiger partial charge in [-0.1, -0.05) is 23.9 Å². The number of aryl methyl sites for hydroxylation is 2. The number of fused-ring (bicyclic) bond motifs is 1. The predicted octanol–water partition coefficient (Wildman–Crippen LogP) is 4.67. The summed E-state index contributed by atoms with van der Waals surface area (Å²) < 4.78 is 2.06. The highest BCUT2D eigenvalue weighted by Gasteiger charge is 2.23. The summed E-state index contributed by atoms with van der Waals surface area (Å²) in [7, 11) is 0. The van der Waals surface area contributed by atoms with Gasteiger partial charge in [0, 0.05) is 18.0 Å². The van der Waals surface area contributed by atoms with Gasteiger partial charge in [0.1, 0.15) is 0 Å². The molecule has 3 aromatic rings. The number of nitrogens with zero attached hydrogens (tertiary/aromatic N) is 5. The van der Waals surface area contributed by atoms with Crippen molar-refractivity contribution >= 4 is 45.5 Å². The summed E-state index contributed by atoms with van der Waals surface area (Å²) in [5, 5.41) is 12.3. The maximum absolute atomic E-state index is 13.0. The van der Waals surface area contributed by atoms with Crippen LogP contribution in [-0.2, 0) is 24.2 Å². The fourth-order valence-electron chi connectivity index (χ4n) is 3.34. The van der Waals surface area contributed by atoms with Crippen molar-refractivity contribution in [3.8, 4) is 10.7 Å². The van der Waals surface area contributed by atoms with E-state index >= 15 is 0 Å². The Kier molecular flexibility index (Phi) is 6.46. The standard InChI is InChI=1S/C20H23N5OS3/c1-3-11-25(19-21-14-8-5-6-9-15(14)29-19)17(26)13-28-20-23-22-18(24(20)4-2)16-10-7-12-27-16/h3,7,10,12H,1,4-6,8-9,11,13H2,2H3. The molecule has 1 amide bonds. The van der Waals surface area contributed by atoms with E-state index in [1.54, 1.807) is 33.6 Å². The fourth-order valence-corrected chi connectivity index (χ4v) is 6.11. The first-order chi connectivity index (χ1) is 14.2. The molecule has 1 aliphatic rings. The maximum atomic E-state index is 13.0. The Hall–Kier alpha value is -1.97. The minimum absolute atomic E-state index is 0.0179. The lowest BCUT2D eigenvalue weighted by Gasteiger charge is -2.17. The highest BCUT2D eigenvalue weighted by molar-refractivity contribution is 7.99. The average molecular weight is 446 g/mol. The van der Waals surface area contributed by atoms with Crippen molar-refractivity contribution in [2.75, 3.05) is 17.2 Å². The SMILES string of the molecule is C=CCN(C(=O)CSc1nnc(-c2cccs2)n1CC)c1nc2c(s1)CCCC2. The van der Waals surface area contributed by atoms with E-state index in [9.17, 15) is 4.79 Å². The van der Waals surface area contributed by atoms with E-state index in [2.05, 4.69) is 28.3 Å². The molecule has 152 valence electrons. The third-order valence-electron chi connectivity index (χ3n) is 4.78. The fraction of sp³-hybridized carbons (Fsp3) is 0.400. The Labute approximate surface area is 182 Å². The second-order valence-electron chi connectivity index (χ2n) is 6.68. The number of aromatic nitrogens is 4. The number of thiazole rings is 1. The Morgan fingerprint density at radius 3 is 2.97 bits per heavy atom. The number of amides is 1. The Balaban J connectivity index is 1.49. The van der Waals surface area contributed by atoms with Gasteiger partial charge in [0.05, 0.1) is 16.3 Å². The van der Waals surface area contributed by atoms with Gasteiger partial charge in [0.15, 0.2) is 16.1 Å². The molecule has 29 heavy (non-hydrogen) atoms. The second kappa shape index (κ2) is 9.23. The molecule has 0 N–H and O–H groups in total. The van der Waals surface area contributed by atoms with Gasteiger partial charge < -0.3 is 4.57 Å². The minimum Gasteiger partial charge on any atom is -0.302 e. The third kappa shape index (κ3) is 4.31. The van der Waals surface area contributed by atoms with Gasteiger partial charge >= 0.3 is 0 Å². The molecule has 0 unspecified atom stereocenters. The summed E-state index contributed by atoms with van der Waals surface area (Å²) in [5.41, 5.74) is 1.16. The monoisotopic (exact) mass is 445 g/mol. The Morgan fingerprint density at radius 1 is 1.38 bits per heavy atom. The van der Waals surface area contributed by atoms with Crippen molar-refractivity contribution in [3.05, 3.63) is 40.7 Å². The molecule has 9 heteroatoms. The van der Waals surface area contributed by atoms with Crippen molar-refractivity contribution in [3.63, 3.8) is 0 Å². The van der Waals surface area contributed by atoms with Crippen molar-refractivity contribution in [1.29, 1.82) is 0 Å². The van der Waals surface area contributed by atoms with Crippen LogP contribution in [0.15, 0.2) is 35.3 Å². The van der Waals surface area contributed by atoms with Crippen LogP contribution < -0.4 is 4.90 Å².